The minimum absolute atomic E-state index is 0.0725. The molecule has 1 atom stereocenters. The first kappa shape index (κ1) is 18.4. The Balaban J connectivity index is 1.44. The maximum Gasteiger partial charge on any atom is 0.224 e. The smallest absolute Gasteiger partial charge is 0.224 e. The van der Waals surface area contributed by atoms with Crippen LogP contribution in [0.5, 0.6) is 0 Å². The highest BCUT2D eigenvalue weighted by Gasteiger charge is 2.26. The number of rotatable bonds is 5. The number of amides is 1. The van der Waals surface area contributed by atoms with E-state index in [4.69, 9.17) is 0 Å². The van der Waals surface area contributed by atoms with E-state index in [0.717, 1.165) is 19.0 Å². The van der Waals surface area contributed by atoms with Crippen LogP contribution in [0.4, 0.5) is 10.1 Å². The molecule has 2 fully saturated rings. The molecule has 1 N–H and O–H groups in total. The Morgan fingerprint density at radius 1 is 1.08 bits per heavy atom. The molecule has 0 spiro atoms. The molecule has 1 saturated heterocycles. The Bertz CT molecular complexity index is 555. The molecule has 0 unspecified atom stereocenters. The summed E-state index contributed by atoms with van der Waals surface area (Å²) < 4.78 is 13.6. The molecule has 138 valence electrons. The molecule has 1 aliphatic heterocycles. The molecule has 0 aromatic heterocycles. The largest absolute Gasteiger partial charge is 0.324 e. The standard InChI is InChI=1S/C21H31FN2O/c22-19-11-5-6-12-20(19)23-21(25)14-13-17-8-7-15-24(16-17)18-9-3-1-2-4-10-18/h5-6,11-12,17-18H,1-4,7-10,13-16H2,(H,23,25)/t17-/m0/s1. The summed E-state index contributed by atoms with van der Waals surface area (Å²) in [5.41, 5.74) is 0.288. The lowest BCUT2D eigenvalue weighted by Gasteiger charge is -2.38. The zero-order valence-corrected chi connectivity index (χ0v) is 15.2. The third-order valence-electron chi connectivity index (χ3n) is 5.82. The first-order valence-corrected chi connectivity index (χ1v) is 10.0. The first-order valence-electron chi connectivity index (χ1n) is 10.0. The lowest BCUT2D eigenvalue weighted by Crippen LogP contribution is -2.42. The maximum atomic E-state index is 13.6. The quantitative estimate of drug-likeness (QED) is 0.763. The van der Waals surface area contributed by atoms with Gasteiger partial charge in [0.05, 0.1) is 5.69 Å². The van der Waals surface area contributed by atoms with E-state index in [-0.39, 0.29) is 17.4 Å². The zero-order chi connectivity index (χ0) is 17.5. The van der Waals surface area contributed by atoms with Gasteiger partial charge >= 0.3 is 0 Å². The fourth-order valence-corrected chi connectivity index (χ4v) is 4.40. The number of likely N-dealkylation sites (tertiary alicyclic amines) is 1. The molecule has 2 aliphatic rings. The van der Waals surface area contributed by atoms with Gasteiger partial charge in [-0.15, -0.1) is 0 Å². The van der Waals surface area contributed by atoms with Crippen LogP contribution in [-0.2, 0) is 4.79 Å². The lowest BCUT2D eigenvalue weighted by molar-refractivity contribution is -0.116. The number of hydrogen-bond acceptors (Lipinski definition) is 2. The van der Waals surface area contributed by atoms with Gasteiger partial charge in [0, 0.05) is 19.0 Å². The number of anilines is 1. The molecule has 4 heteroatoms. The van der Waals surface area contributed by atoms with Crippen molar-refractivity contribution in [2.24, 2.45) is 5.92 Å². The van der Waals surface area contributed by atoms with Gasteiger partial charge in [-0.1, -0.05) is 37.8 Å². The van der Waals surface area contributed by atoms with Gasteiger partial charge in [-0.2, -0.15) is 0 Å². The van der Waals surface area contributed by atoms with Crippen LogP contribution in [-0.4, -0.2) is 29.9 Å². The maximum absolute atomic E-state index is 13.6. The highest BCUT2D eigenvalue weighted by atomic mass is 19.1. The molecule has 1 amide bonds. The monoisotopic (exact) mass is 346 g/mol. The Morgan fingerprint density at radius 3 is 2.60 bits per heavy atom. The van der Waals surface area contributed by atoms with Crippen LogP contribution in [0.3, 0.4) is 0 Å². The van der Waals surface area contributed by atoms with Gasteiger partial charge in [0.15, 0.2) is 0 Å². The van der Waals surface area contributed by atoms with Crippen molar-refractivity contribution in [2.75, 3.05) is 18.4 Å². The van der Waals surface area contributed by atoms with E-state index >= 15 is 0 Å². The summed E-state index contributed by atoms with van der Waals surface area (Å²) in [4.78, 5) is 14.8. The van der Waals surface area contributed by atoms with Gasteiger partial charge in [-0.05, 0) is 56.7 Å². The number of carbonyl (C=O) groups excluding carboxylic acids is 1. The third kappa shape index (κ3) is 5.53. The second kappa shape index (κ2) is 9.33. The summed E-state index contributed by atoms with van der Waals surface area (Å²) in [5.74, 6) is 0.160. The van der Waals surface area contributed by atoms with Crippen molar-refractivity contribution in [3.05, 3.63) is 30.1 Å². The van der Waals surface area contributed by atoms with E-state index in [0.29, 0.717) is 12.3 Å². The Morgan fingerprint density at radius 2 is 1.84 bits per heavy atom. The van der Waals surface area contributed by atoms with E-state index < -0.39 is 0 Å². The van der Waals surface area contributed by atoms with Crippen LogP contribution in [0.15, 0.2) is 24.3 Å². The molecule has 1 aromatic rings. The number of nitrogens with one attached hydrogen (secondary N) is 1. The molecule has 0 radical (unpaired) electrons. The van der Waals surface area contributed by atoms with Crippen molar-refractivity contribution in [3.63, 3.8) is 0 Å². The van der Waals surface area contributed by atoms with Gasteiger partial charge in [-0.3, -0.25) is 4.79 Å². The number of benzene rings is 1. The number of carbonyl (C=O) groups is 1. The molecule has 3 rings (SSSR count). The van der Waals surface area contributed by atoms with Crippen molar-refractivity contribution < 1.29 is 9.18 Å². The minimum atomic E-state index is -0.368. The van der Waals surface area contributed by atoms with Crippen molar-refractivity contribution in [2.45, 2.75) is 70.3 Å². The molecular weight excluding hydrogens is 315 g/mol. The second-order valence-corrected chi connectivity index (χ2v) is 7.72. The molecule has 25 heavy (non-hydrogen) atoms. The number of para-hydroxylation sites is 1. The Kier molecular flexibility index (Phi) is 6.85. The third-order valence-corrected chi connectivity index (χ3v) is 5.82. The topological polar surface area (TPSA) is 32.3 Å². The van der Waals surface area contributed by atoms with Crippen LogP contribution < -0.4 is 5.32 Å². The Labute approximate surface area is 151 Å². The number of hydrogen-bond donors (Lipinski definition) is 1. The molecule has 1 saturated carbocycles. The van der Waals surface area contributed by atoms with Gasteiger partial charge in [0.1, 0.15) is 5.82 Å². The lowest BCUT2D eigenvalue weighted by atomic mass is 9.91. The van der Waals surface area contributed by atoms with E-state index in [2.05, 4.69) is 10.2 Å². The summed E-state index contributed by atoms with van der Waals surface area (Å²) in [6.45, 7) is 2.36. The molecule has 3 nitrogen and oxygen atoms in total. The summed E-state index contributed by atoms with van der Waals surface area (Å²) in [5, 5.41) is 2.71. The SMILES string of the molecule is O=C(CC[C@@H]1CCCN(C2CCCCCC2)C1)Nc1ccccc1F. The van der Waals surface area contributed by atoms with Crippen LogP contribution in [0.25, 0.3) is 0 Å². The second-order valence-electron chi connectivity index (χ2n) is 7.72. The molecule has 1 heterocycles. The fourth-order valence-electron chi connectivity index (χ4n) is 4.40. The van der Waals surface area contributed by atoms with Gasteiger partial charge in [-0.25, -0.2) is 4.39 Å². The summed E-state index contributed by atoms with van der Waals surface area (Å²) in [7, 11) is 0. The minimum Gasteiger partial charge on any atom is -0.324 e. The number of halogens is 1. The van der Waals surface area contributed by atoms with E-state index in [1.807, 2.05) is 0 Å². The van der Waals surface area contributed by atoms with E-state index in [1.54, 1.807) is 18.2 Å². The van der Waals surface area contributed by atoms with Crippen LogP contribution in [0.2, 0.25) is 0 Å². The normalized spacial score (nSPS) is 23.2. The summed E-state index contributed by atoms with van der Waals surface area (Å²) in [6.07, 6.45) is 12.1. The summed E-state index contributed by atoms with van der Waals surface area (Å²) >= 11 is 0. The molecule has 1 aliphatic carbocycles. The highest BCUT2D eigenvalue weighted by Crippen LogP contribution is 2.28. The summed E-state index contributed by atoms with van der Waals surface area (Å²) in [6, 6.07) is 7.13. The molecular formula is C21H31FN2O. The van der Waals surface area contributed by atoms with E-state index in [1.165, 1.54) is 64.0 Å². The van der Waals surface area contributed by atoms with Crippen molar-refractivity contribution in [3.8, 4) is 0 Å². The predicted octanol–water partition coefficient (Wildman–Crippen LogP) is 4.98. The fraction of sp³-hybridized carbons (Fsp3) is 0.667. The van der Waals surface area contributed by atoms with Crippen LogP contribution >= 0.6 is 0 Å². The zero-order valence-electron chi connectivity index (χ0n) is 15.2. The average Bonchev–Trinajstić information content (AvgIpc) is 2.92. The van der Waals surface area contributed by atoms with Crippen LogP contribution in [0, 0.1) is 11.7 Å². The van der Waals surface area contributed by atoms with Gasteiger partial charge in [0.25, 0.3) is 0 Å². The Hall–Kier alpha value is -1.42. The number of piperidine rings is 1. The first-order chi connectivity index (χ1) is 12.2. The highest BCUT2D eigenvalue weighted by molar-refractivity contribution is 5.90. The van der Waals surface area contributed by atoms with Crippen molar-refractivity contribution in [1.82, 2.24) is 4.90 Å². The van der Waals surface area contributed by atoms with E-state index in [9.17, 15) is 9.18 Å². The molecule has 1 aromatic carbocycles. The average molecular weight is 346 g/mol. The van der Waals surface area contributed by atoms with Crippen molar-refractivity contribution in [1.29, 1.82) is 0 Å². The van der Waals surface area contributed by atoms with Gasteiger partial charge in [0.2, 0.25) is 5.91 Å². The molecule has 0 bridgehead atoms. The number of nitrogens with zero attached hydrogens (tertiary/aromatic N) is 1. The van der Waals surface area contributed by atoms with Crippen LogP contribution in [0.1, 0.15) is 64.2 Å². The predicted molar refractivity (Wildman–Crippen MR) is 100 cm³/mol. The van der Waals surface area contributed by atoms with Gasteiger partial charge < -0.3 is 10.2 Å². The van der Waals surface area contributed by atoms with Crippen molar-refractivity contribution >= 4 is 11.6 Å².